The average Bonchev–Trinajstić information content (AvgIpc) is 3.76. The van der Waals surface area contributed by atoms with Crippen LogP contribution in [0.3, 0.4) is 0 Å². The lowest BCUT2D eigenvalue weighted by molar-refractivity contribution is -0.150. The number of Topliss-reactive ketones (excluding diaryl/α,β-unsaturated/α-hetero) is 1. The number of nitrogens with zero attached hydrogens (tertiary/aromatic N) is 3. The predicted molar refractivity (Wildman–Crippen MR) is 197 cm³/mol. The second kappa shape index (κ2) is 16.2. The van der Waals surface area contributed by atoms with Gasteiger partial charge in [0.2, 0.25) is 17.6 Å². The van der Waals surface area contributed by atoms with Crippen molar-refractivity contribution in [3.63, 3.8) is 0 Å². The largest absolute Gasteiger partial charge is 0.481 e. The normalized spacial score (nSPS) is 17.8. The molecule has 2 aliphatic rings. The van der Waals surface area contributed by atoms with Crippen molar-refractivity contribution in [3.05, 3.63) is 81.1 Å². The van der Waals surface area contributed by atoms with Gasteiger partial charge in [-0.15, -0.1) is 0 Å². The van der Waals surface area contributed by atoms with Gasteiger partial charge >= 0.3 is 5.97 Å². The summed E-state index contributed by atoms with van der Waals surface area (Å²) in [4.78, 5) is 37.3. The number of aryl methyl sites for hydroxylation is 1. The van der Waals surface area contributed by atoms with E-state index in [-0.39, 0.29) is 29.3 Å². The Balaban J connectivity index is 1.20. The number of carboxylic acid groups (broad SMARTS) is 1. The van der Waals surface area contributed by atoms with Crippen LogP contribution in [0.1, 0.15) is 67.5 Å². The Morgan fingerprint density at radius 3 is 2.46 bits per heavy atom. The van der Waals surface area contributed by atoms with E-state index >= 15 is 0 Å². The molecule has 0 radical (unpaired) electrons. The number of ether oxygens (including phenoxy) is 3. The van der Waals surface area contributed by atoms with Crippen LogP contribution in [0, 0.1) is 11.3 Å². The van der Waals surface area contributed by atoms with E-state index in [1.54, 1.807) is 19.4 Å². The topological polar surface area (TPSA) is 153 Å². The van der Waals surface area contributed by atoms with Gasteiger partial charge in [0.25, 0.3) is 0 Å². The standard InChI is InChI=1S/C39H42Cl2N4O7/c1-39(21-46,38(48)49)15-14-23-17-30(40)36(45-35(23)50-2)52-33-13-12-26-25(6-4-7-27(26)33)28-8-5-9-29(34(28)41)31-20-43-32(37(44-31)51-3)19-42-18-22-10-11-24(47)16-22/h4-9,17,20,22,33,42,46H,10-16,18-19,21H2,1-3H3,(H,48,49)/t22-,33+,39+/m1/s1. The summed E-state index contributed by atoms with van der Waals surface area (Å²) in [6.45, 7) is 2.22. The Morgan fingerprint density at radius 1 is 1.00 bits per heavy atom. The molecule has 2 aromatic heterocycles. The number of aliphatic hydroxyl groups excluding tert-OH is 1. The average molecular weight is 750 g/mol. The Hall–Kier alpha value is -4.29. The number of aliphatic hydroxyl groups is 1. The van der Waals surface area contributed by atoms with Crippen LogP contribution in [0.25, 0.3) is 22.4 Å². The van der Waals surface area contributed by atoms with E-state index in [0.29, 0.717) is 71.8 Å². The zero-order valence-corrected chi connectivity index (χ0v) is 30.9. The van der Waals surface area contributed by atoms with Crippen LogP contribution in [0.5, 0.6) is 17.6 Å². The summed E-state index contributed by atoms with van der Waals surface area (Å²) >= 11 is 13.8. The second-order valence-electron chi connectivity index (χ2n) is 13.6. The van der Waals surface area contributed by atoms with E-state index < -0.39 is 18.0 Å². The van der Waals surface area contributed by atoms with Gasteiger partial charge in [0.1, 0.15) is 22.6 Å². The van der Waals surface area contributed by atoms with Crippen molar-refractivity contribution in [1.82, 2.24) is 20.3 Å². The number of carbonyl (C=O) groups excluding carboxylic acids is 1. The number of benzene rings is 2. The molecule has 52 heavy (non-hydrogen) atoms. The van der Waals surface area contributed by atoms with Crippen LogP contribution in [-0.4, -0.2) is 64.3 Å². The minimum atomic E-state index is -1.30. The molecule has 0 bridgehead atoms. The first-order valence-corrected chi connectivity index (χ1v) is 18.1. The highest BCUT2D eigenvalue weighted by atomic mass is 35.5. The van der Waals surface area contributed by atoms with E-state index in [0.717, 1.165) is 47.2 Å². The van der Waals surface area contributed by atoms with Gasteiger partial charge in [-0.05, 0) is 74.2 Å². The van der Waals surface area contributed by atoms with Crippen LogP contribution in [-0.2, 0) is 29.0 Å². The Bertz CT molecular complexity index is 1980. The number of hydrogen-bond donors (Lipinski definition) is 3. The lowest BCUT2D eigenvalue weighted by Crippen LogP contribution is -2.32. The van der Waals surface area contributed by atoms with Gasteiger partial charge in [-0.25, -0.2) is 4.98 Å². The Labute approximate surface area is 312 Å². The fourth-order valence-corrected chi connectivity index (χ4v) is 7.47. The van der Waals surface area contributed by atoms with E-state index in [4.69, 9.17) is 42.4 Å². The molecule has 0 aliphatic heterocycles. The second-order valence-corrected chi connectivity index (χ2v) is 14.4. The highest BCUT2D eigenvalue weighted by Gasteiger charge is 2.33. The molecular formula is C39H42Cl2N4O7. The number of carboxylic acids is 1. The summed E-state index contributed by atoms with van der Waals surface area (Å²) in [5, 5.41) is 23.4. The molecular weight excluding hydrogens is 707 g/mol. The zero-order valence-electron chi connectivity index (χ0n) is 29.4. The number of hydrogen-bond acceptors (Lipinski definition) is 10. The maximum absolute atomic E-state index is 11.7. The molecule has 2 aromatic carbocycles. The molecule has 1 saturated carbocycles. The Kier molecular flexibility index (Phi) is 11.6. The minimum Gasteiger partial charge on any atom is -0.481 e. The van der Waals surface area contributed by atoms with Gasteiger partial charge in [0.05, 0.1) is 43.2 Å². The van der Waals surface area contributed by atoms with E-state index in [9.17, 15) is 19.8 Å². The number of nitrogens with one attached hydrogen (secondary N) is 1. The number of carbonyl (C=O) groups is 2. The molecule has 0 spiro atoms. The zero-order chi connectivity index (χ0) is 37.0. The Morgan fingerprint density at radius 2 is 1.75 bits per heavy atom. The van der Waals surface area contributed by atoms with Gasteiger partial charge < -0.3 is 29.7 Å². The molecule has 0 saturated heterocycles. The predicted octanol–water partition coefficient (Wildman–Crippen LogP) is 7.07. The van der Waals surface area contributed by atoms with Crippen LogP contribution in [0.2, 0.25) is 10.0 Å². The number of ketones is 1. The highest BCUT2D eigenvalue weighted by Crippen LogP contribution is 2.45. The quantitative estimate of drug-likeness (QED) is 0.114. The van der Waals surface area contributed by atoms with E-state index in [1.165, 1.54) is 14.0 Å². The minimum absolute atomic E-state index is 0.171. The fourth-order valence-electron chi connectivity index (χ4n) is 6.93. The molecule has 274 valence electrons. The first-order chi connectivity index (χ1) is 25.0. The van der Waals surface area contributed by atoms with Crippen molar-refractivity contribution in [2.45, 2.75) is 64.5 Å². The van der Waals surface area contributed by atoms with E-state index in [2.05, 4.69) is 15.3 Å². The lowest BCUT2D eigenvalue weighted by Gasteiger charge is -2.22. The third kappa shape index (κ3) is 7.88. The molecule has 0 unspecified atom stereocenters. The molecule has 0 amide bonds. The van der Waals surface area contributed by atoms with Crippen molar-refractivity contribution >= 4 is 35.0 Å². The molecule has 2 heterocycles. The number of halogens is 2. The summed E-state index contributed by atoms with van der Waals surface area (Å²) in [7, 11) is 3.05. The maximum Gasteiger partial charge on any atom is 0.311 e. The third-order valence-electron chi connectivity index (χ3n) is 10.1. The molecule has 3 atom stereocenters. The number of aliphatic carboxylic acids is 1. The van der Waals surface area contributed by atoms with Gasteiger partial charge in [0.15, 0.2) is 0 Å². The van der Waals surface area contributed by atoms with Crippen molar-refractivity contribution < 1.29 is 34.0 Å². The molecule has 11 nitrogen and oxygen atoms in total. The summed E-state index contributed by atoms with van der Waals surface area (Å²) in [5.41, 5.74) is 5.26. The van der Waals surface area contributed by atoms with Crippen LogP contribution >= 0.6 is 23.2 Å². The van der Waals surface area contributed by atoms with Crippen LogP contribution in [0.15, 0.2) is 48.7 Å². The molecule has 1 fully saturated rings. The lowest BCUT2D eigenvalue weighted by atomic mass is 9.85. The molecule has 3 N–H and O–H groups in total. The van der Waals surface area contributed by atoms with Gasteiger partial charge in [-0.2, -0.15) is 4.98 Å². The molecule has 4 aromatic rings. The number of rotatable bonds is 15. The van der Waals surface area contributed by atoms with Gasteiger partial charge in [0, 0.05) is 36.1 Å². The van der Waals surface area contributed by atoms with Crippen molar-refractivity contribution in [2.24, 2.45) is 11.3 Å². The van der Waals surface area contributed by atoms with E-state index in [1.807, 2.05) is 36.4 Å². The third-order valence-corrected chi connectivity index (χ3v) is 10.8. The summed E-state index contributed by atoms with van der Waals surface area (Å²) < 4.78 is 17.5. The van der Waals surface area contributed by atoms with Crippen molar-refractivity contribution in [2.75, 3.05) is 27.4 Å². The first-order valence-electron chi connectivity index (χ1n) is 17.3. The first kappa shape index (κ1) is 37.5. The number of aromatic nitrogens is 3. The van der Waals surface area contributed by atoms with Crippen molar-refractivity contribution in [1.29, 1.82) is 0 Å². The smallest absolute Gasteiger partial charge is 0.311 e. The summed E-state index contributed by atoms with van der Waals surface area (Å²) in [6, 6.07) is 13.6. The number of methoxy groups -OCH3 is 2. The SMILES string of the molecule is COc1nc(O[C@H]2CCc3c(-c4cccc(-c5cnc(CNC[C@@H]6CCC(=O)C6)c(OC)n5)c4Cl)cccc32)c(Cl)cc1CC[C@@](C)(CO)C(=O)O. The van der Waals surface area contributed by atoms with Crippen LogP contribution < -0.4 is 19.5 Å². The maximum atomic E-state index is 11.7. The van der Waals surface area contributed by atoms with Crippen molar-refractivity contribution in [3.8, 4) is 40.0 Å². The van der Waals surface area contributed by atoms with Gasteiger partial charge in [-0.1, -0.05) is 59.6 Å². The molecule has 13 heteroatoms. The molecule has 2 aliphatic carbocycles. The summed E-state index contributed by atoms with van der Waals surface area (Å²) in [5.74, 6) is 0.512. The van der Waals surface area contributed by atoms with Crippen LogP contribution in [0.4, 0.5) is 0 Å². The van der Waals surface area contributed by atoms with Gasteiger partial charge in [-0.3, -0.25) is 14.6 Å². The molecule has 6 rings (SSSR count). The summed E-state index contributed by atoms with van der Waals surface area (Å²) in [6.07, 6.45) is 5.47. The highest BCUT2D eigenvalue weighted by molar-refractivity contribution is 6.36. The fraction of sp³-hybridized carbons (Fsp3) is 0.410. The number of fused-ring (bicyclic) bond motifs is 1. The monoisotopic (exact) mass is 748 g/mol. The number of pyridine rings is 1.